The number of hydrogen-bond acceptors (Lipinski definition) is 4. The van der Waals surface area contributed by atoms with E-state index in [4.69, 9.17) is 15.9 Å². The first-order valence-electron chi connectivity index (χ1n) is 3.28. The maximum absolute atomic E-state index is 10.6. The van der Waals surface area contributed by atoms with Gasteiger partial charge in [-0.1, -0.05) is 6.08 Å². The van der Waals surface area contributed by atoms with E-state index < -0.39 is 11.9 Å². The summed E-state index contributed by atoms with van der Waals surface area (Å²) in [6.45, 7) is 3.45. The molecule has 0 radical (unpaired) electrons. The Balaban J connectivity index is 2.91. The van der Waals surface area contributed by atoms with Crippen molar-refractivity contribution in [3.8, 4) is 0 Å². The van der Waals surface area contributed by atoms with Gasteiger partial charge in [0.1, 0.15) is 12.3 Å². The molecule has 4 N–H and O–H groups in total. The number of carbonyl (C=O) groups is 1. The molecule has 0 bridgehead atoms. The van der Waals surface area contributed by atoms with Crippen LogP contribution in [-0.2, 0) is 0 Å². The molecular formula is C7H9N3O2. The molecule has 12 heavy (non-hydrogen) atoms. The van der Waals surface area contributed by atoms with Crippen LogP contribution in [0.5, 0.6) is 0 Å². The summed E-state index contributed by atoms with van der Waals surface area (Å²) < 4.78 is 4.87. The number of nitrogens with two attached hydrogens (primary N) is 2. The largest absolute Gasteiger partial charge is 0.446 e. The van der Waals surface area contributed by atoms with Gasteiger partial charge in [0, 0.05) is 0 Å². The lowest BCUT2D eigenvalue weighted by Crippen LogP contribution is -2.12. The minimum atomic E-state index is -0.638. The van der Waals surface area contributed by atoms with Crippen molar-refractivity contribution in [1.29, 1.82) is 0 Å². The molecule has 0 saturated carbocycles. The fraction of sp³-hybridized carbons (Fsp3) is 0.143. The van der Waals surface area contributed by atoms with E-state index in [2.05, 4.69) is 11.6 Å². The van der Waals surface area contributed by atoms with Crippen LogP contribution in [0.15, 0.2) is 23.3 Å². The van der Waals surface area contributed by atoms with Crippen molar-refractivity contribution in [2.75, 3.05) is 0 Å². The van der Waals surface area contributed by atoms with Gasteiger partial charge in [-0.3, -0.25) is 4.79 Å². The highest BCUT2D eigenvalue weighted by Crippen LogP contribution is 2.09. The predicted molar refractivity (Wildman–Crippen MR) is 42.1 cm³/mol. The van der Waals surface area contributed by atoms with E-state index >= 15 is 0 Å². The van der Waals surface area contributed by atoms with Crippen LogP contribution in [0.1, 0.15) is 22.4 Å². The zero-order valence-corrected chi connectivity index (χ0v) is 6.36. The Bertz CT molecular complexity index is 305. The topological polar surface area (TPSA) is 95.1 Å². The van der Waals surface area contributed by atoms with Gasteiger partial charge in [0.05, 0.1) is 0 Å². The average Bonchev–Trinajstić information content (AvgIpc) is 2.51. The molecule has 0 saturated heterocycles. The van der Waals surface area contributed by atoms with E-state index in [0.717, 1.165) is 0 Å². The van der Waals surface area contributed by atoms with Crippen LogP contribution in [0.3, 0.4) is 0 Å². The Labute approximate surface area is 69.1 Å². The molecule has 0 aromatic carbocycles. The summed E-state index contributed by atoms with van der Waals surface area (Å²) in [7, 11) is 0. The lowest BCUT2D eigenvalue weighted by Gasteiger charge is -1.96. The summed E-state index contributed by atoms with van der Waals surface area (Å²) in [6, 6.07) is -0.502. The predicted octanol–water partition coefficient (Wildman–Crippen LogP) is -0.0407. The number of hydrogen-bond donors (Lipinski definition) is 2. The van der Waals surface area contributed by atoms with Crippen molar-refractivity contribution in [3.63, 3.8) is 0 Å². The van der Waals surface area contributed by atoms with Gasteiger partial charge in [0.25, 0.3) is 5.91 Å². The van der Waals surface area contributed by atoms with Crippen molar-refractivity contribution < 1.29 is 9.21 Å². The number of carbonyl (C=O) groups excluding carboxylic acids is 1. The summed E-state index contributed by atoms with van der Waals surface area (Å²) in [6.07, 6.45) is 2.62. The van der Waals surface area contributed by atoms with Crippen LogP contribution in [0.25, 0.3) is 0 Å². The highest BCUT2D eigenvalue weighted by atomic mass is 16.3. The van der Waals surface area contributed by atoms with Gasteiger partial charge in [-0.05, 0) is 0 Å². The fourth-order valence-electron chi connectivity index (χ4n) is 0.655. The third-order valence-corrected chi connectivity index (χ3v) is 1.31. The van der Waals surface area contributed by atoms with Crippen LogP contribution in [0.2, 0.25) is 0 Å². The summed E-state index contributed by atoms with van der Waals surface area (Å²) >= 11 is 0. The molecule has 1 aromatic heterocycles. The highest BCUT2D eigenvalue weighted by Gasteiger charge is 2.11. The Hall–Kier alpha value is -1.62. The van der Waals surface area contributed by atoms with Crippen LogP contribution < -0.4 is 11.5 Å². The Morgan fingerprint density at radius 2 is 2.50 bits per heavy atom. The number of nitrogens with zero attached hydrogens (tertiary/aromatic N) is 1. The summed E-state index contributed by atoms with van der Waals surface area (Å²) in [5, 5.41) is 0. The van der Waals surface area contributed by atoms with Crippen LogP contribution in [0.4, 0.5) is 0 Å². The third kappa shape index (κ3) is 1.51. The lowest BCUT2D eigenvalue weighted by molar-refractivity contribution is 0.0995. The summed E-state index contributed by atoms with van der Waals surface area (Å²) in [5.74, 6) is -0.403. The van der Waals surface area contributed by atoms with E-state index in [-0.39, 0.29) is 11.6 Å². The molecular weight excluding hydrogens is 158 g/mol. The normalized spacial score (nSPS) is 12.4. The molecule has 0 aliphatic rings. The maximum Gasteiger partial charge on any atom is 0.270 e. The second kappa shape index (κ2) is 3.19. The van der Waals surface area contributed by atoms with Crippen molar-refractivity contribution in [2.24, 2.45) is 11.5 Å². The van der Waals surface area contributed by atoms with Crippen molar-refractivity contribution in [2.45, 2.75) is 6.04 Å². The van der Waals surface area contributed by atoms with Crippen molar-refractivity contribution in [1.82, 2.24) is 4.98 Å². The molecule has 5 nitrogen and oxygen atoms in total. The molecule has 1 rings (SSSR count). The van der Waals surface area contributed by atoms with Gasteiger partial charge < -0.3 is 15.9 Å². The van der Waals surface area contributed by atoms with E-state index in [1.165, 1.54) is 12.3 Å². The van der Waals surface area contributed by atoms with Crippen molar-refractivity contribution >= 4 is 5.91 Å². The molecule has 1 atom stereocenters. The maximum atomic E-state index is 10.6. The number of amides is 1. The number of oxazole rings is 1. The standard InChI is InChI=1S/C7H9N3O2/c1-2-4(8)7-10-5(3-12-7)6(9)11/h2-4H,1,8H2,(H2,9,11). The van der Waals surface area contributed by atoms with Gasteiger partial charge in [-0.25, -0.2) is 4.98 Å². The molecule has 0 aliphatic carbocycles. The van der Waals surface area contributed by atoms with Gasteiger partial charge in [0.2, 0.25) is 5.89 Å². The van der Waals surface area contributed by atoms with Crippen LogP contribution in [0, 0.1) is 0 Å². The van der Waals surface area contributed by atoms with E-state index in [9.17, 15) is 4.79 Å². The average molecular weight is 167 g/mol. The number of aromatic nitrogens is 1. The van der Waals surface area contributed by atoms with Gasteiger partial charge in [-0.15, -0.1) is 6.58 Å². The quantitative estimate of drug-likeness (QED) is 0.617. The Kier molecular flexibility index (Phi) is 2.25. The Morgan fingerprint density at radius 3 is 2.92 bits per heavy atom. The molecule has 0 aliphatic heterocycles. The summed E-state index contributed by atoms with van der Waals surface area (Å²) in [4.78, 5) is 14.3. The zero-order chi connectivity index (χ0) is 9.14. The first-order chi connectivity index (χ1) is 5.65. The van der Waals surface area contributed by atoms with Gasteiger partial charge >= 0.3 is 0 Å². The molecule has 5 heteroatoms. The molecule has 1 aromatic rings. The second-order valence-corrected chi connectivity index (χ2v) is 2.20. The second-order valence-electron chi connectivity index (χ2n) is 2.20. The first kappa shape index (κ1) is 8.48. The third-order valence-electron chi connectivity index (χ3n) is 1.31. The smallest absolute Gasteiger partial charge is 0.270 e. The first-order valence-corrected chi connectivity index (χ1v) is 3.28. The van der Waals surface area contributed by atoms with E-state index in [1.807, 2.05) is 0 Å². The van der Waals surface area contributed by atoms with E-state index in [1.54, 1.807) is 0 Å². The zero-order valence-electron chi connectivity index (χ0n) is 6.36. The SMILES string of the molecule is C=CC(N)c1nc(C(N)=O)co1. The monoisotopic (exact) mass is 167 g/mol. The minimum Gasteiger partial charge on any atom is -0.446 e. The van der Waals surface area contributed by atoms with Gasteiger partial charge in [-0.2, -0.15) is 0 Å². The Morgan fingerprint density at radius 1 is 1.83 bits per heavy atom. The molecule has 64 valence electrons. The highest BCUT2D eigenvalue weighted by molar-refractivity contribution is 5.90. The molecule has 1 unspecified atom stereocenters. The van der Waals surface area contributed by atoms with Crippen molar-refractivity contribution in [3.05, 3.63) is 30.5 Å². The molecule has 1 amide bonds. The van der Waals surface area contributed by atoms with Gasteiger partial charge in [0.15, 0.2) is 5.69 Å². The molecule has 0 spiro atoms. The number of rotatable bonds is 3. The molecule has 1 heterocycles. The van der Waals surface area contributed by atoms with Crippen LogP contribution in [-0.4, -0.2) is 10.9 Å². The molecule has 0 fully saturated rings. The lowest BCUT2D eigenvalue weighted by atomic mass is 10.3. The minimum absolute atomic E-state index is 0.0716. The van der Waals surface area contributed by atoms with E-state index in [0.29, 0.717) is 0 Å². The fourth-order valence-corrected chi connectivity index (χ4v) is 0.655. The number of primary amides is 1. The van der Waals surface area contributed by atoms with Crippen LogP contribution >= 0.6 is 0 Å². The summed E-state index contributed by atoms with van der Waals surface area (Å²) in [5.41, 5.74) is 10.5.